The molecule has 0 radical (unpaired) electrons. The molecule has 0 aliphatic rings. The van der Waals surface area contributed by atoms with E-state index in [9.17, 15) is 8.78 Å². The first-order chi connectivity index (χ1) is 5.52. The lowest BCUT2D eigenvalue weighted by molar-refractivity contribution is -0.0968. The first-order valence-electron chi connectivity index (χ1n) is 3.60. The van der Waals surface area contributed by atoms with Gasteiger partial charge in [0.1, 0.15) is 0 Å². The first-order valence-corrected chi connectivity index (χ1v) is 3.60. The van der Waals surface area contributed by atoms with Crippen LogP contribution >= 0.6 is 0 Å². The molecule has 0 aliphatic heterocycles. The van der Waals surface area contributed by atoms with Crippen LogP contribution in [-0.2, 0) is 4.74 Å². The molecule has 0 amide bonds. The summed E-state index contributed by atoms with van der Waals surface area (Å²) < 4.78 is 26.5. The van der Waals surface area contributed by atoms with Crippen molar-refractivity contribution in [2.75, 3.05) is 0 Å². The number of ether oxygens (including phenoxy) is 1. The van der Waals surface area contributed by atoms with Crippen molar-refractivity contribution in [2.45, 2.75) is 27.4 Å². The third-order valence-electron chi connectivity index (χ3n) is 0.614. The normalized spacial score (nSPS) is 10.3. The third kappa shape index (κ3) is 11.7. The average Bonchev–Trinajstić information content (AvgIpc) is 1.87. The number of hydrogen-bond acceptors (Lipinski definition) is 2. The van der Waals surface area contributed by atoms with Crippen molar-refractivity contribution in [1.29, 1.82) is 0 Å². The van der Waals surface area contributed by atoms with E-state index in [0.717, 1.165) is 0 Å². The molecule has 4 heteroatoms. The van der Waals surface area contributed by atoms with Crippen molar-refractivity contribution in [3.8, 4) is 0 Å². The Hall–Kier alpha value is -1.06. The summed E-state index contributed by atoms with van der Waals surface area (Å²) in [4.78, 5) is 0. The fourth-order valence-corrected chi connectivity index (χ4v) is 0.380. The zero-order valence-electron chi connectivity index (χ0n) is 7.60. The van der Waals surface area contributed by atoms with E-state index >= 15 is 0 Å². The summed E-state index contributed by atoms with van der Waals surface area (Å²) in [7, 11) is 0. The summed E-state index contributed by atoms with van der Waals surface area (Å²) in [5.41, 5.74) is 5.54. The minimum Gasteiger partial charge on any atom is -0.420 e. The molecule has 0 aromatic rings. The first kappa shape index (κ1) is 13.5. The van der Waals surface area contributed by atoms with Crippen molar-refractivity contribution in [3.63, 3.8) is 0 Å². The highest BCUT2D eigenvalue weighted by Crippen LogP contribution is 2.02. The van der Waals surface area contributed by atoms with E-state index in [1.54, 1.807) is 6.92 Å². The molecule has 0 rings (SSSR count). The predicted molar refractivity (Wildman–Crippen MR) is 47.6 cm³/mol. The van der Waals surface area contributed by atoms with Gasteiger partial charge >= 0.3 is 6.61 Å². The Morgan fingerprint density at radius 2 is 2.00 bits per heavy atom. The molecule has 2 N–H and O–H groups in total. The number of allylic oxidation sites excluding steroid dienone is 2. The highest BCUT2D eigenvalue weighted by atomic mass is 19.3. The minimum absolute atomic E-state index is 0. The van der Waals surface area contributed by atoms with Gasteiger partial charge in [0.15, 0.2) is 5.88 Å². The lowest BCUT2D eigenvalue weighted by Crippen LogP contribution is -2.07. The molecule has 0 spiro atoms. The lowest BCUT2D eigenvalue weighted by Gasteiger charge is -2.02. The maximum Gasteiger partial charge on any atom is 0.388 e. The maximum absolute atomic E-state index is 11.4. The zero-order chi connectivity index (χ0) is 10.1. The molecule has 0 atom stereocenters. The SMILES string of the molecule is C=C(C)/C=C(\N)OC(F)F.CC.[HH]. The van der Waals surface area contributed by atoms with Gasteiger partial charge in [-0.25, -0.2) is 0 Å². The number of alkyl halides is 2. The summed E-state index contributed by atoms with van der Waals surface area (Å²) in [5, 5.41) is 0. The van der Waals surface area contributed by atoms with Crippen LogP contribution in [0, 0.1) is 0 Å². The topological polar surface area (TPSA) is 35.2 Å². The van der Waals surface area contributed by atoms with E-state index in [1.165, 1.54) is 6.08 Å². The van der Waals surface area contributed by atoms with Crippen LogP contribution in [0.4, 0.5) is 8.78 Å². The Morgan fingerprint density at radius 3 is 2.25 bits per heavy atom. The molecule has 0 unspecified atom stereocenters. The molecule has 12 heavy (non-hydrogen) atoms. The van der Waals surface area contributed by atoms with Gasteiger partial charge in [0.2, 0.25) is 0 Å². The second kappa shape index (κ2) is 8.04. The van der Waals surface area contributed by atoms with Gasteiger partial charge in [-0.3, -0.25) is 0 Å². The summed E-state index contributed by atoms with van der Waals surface area (Å²) in [6.45, 7) is 6.18. The second-order valence-electron chi connectivity index (χ2n) is 1.77. The monoisotopic (exact) mass is 181 g/mol. The number of halogens is 2. The van der Waals surface area contributed by atoms with E-state index in [4.69, 9.17) is 5.73 Å². The van der Waals surface area contributed by atoms with Gasteiger partial charge in [-0.1, -0.05) is 26.0 Å². The third-order valence-corrected chi connectivity index (χ3v) is 0.614. The second-order valence-corrected chi connectivity index (χ2v) is 1.77. The van der Waals surface area contributed by atoms with Crippen LogP contribution in [0.25, 0.3) is 0 Å². The van der Waals surface area contributed by atoms with Gasteiger partial charge in [0.25, 0.3) is 0 Å². The Morgan fingerprint density at radius 1 is 1.58 bits per heavy atom. The zero-order valence-corrected chi connectivity index (χ0v) is 7.60. The number of nitrogens with two attached hydrogens (primary N) is 1. The Kier molecular flexibility index (Phi) is 9.06. The maximum atomic E-state index is 11.4. The summed E-state index contributed by atoms with van der Waals surface area (Å²) in [6, 6.07) is 0. The predicted octanol–water partition coefficient (Wildman–Crippen LogP) is 2.87. The minimum atomic E-state index is -2.87. The quantitative estimate of drug-likeness (QED) is 0.536. The molecule has 0 aromatic heterocycles. The smallest absolute Gasteiger partial charge is 0.388 e. The number of hydrogen-bond donors (Lipinski definition) is 1. The van der Waals surface area contributed by atoms with E-state index in [2.05, 4.69) is 11.3 Å². The molecule has 0 saturated heterocycles. The van der Waals surface area contributed by atoms with Crippen LogP contribution < -0.4 is 5.73 Å². The van der Waals surface area contributed by atoms with Gasteiger partial charge in [0, 0.05) is 7.50 Å². The molecule has 0 aliphatic carbocycles. The van der Waals surface area contributed by atoms with E-state index in [-0.39, 0.29) is 7.31 Å². The average molecular weight is 181 g/mol. The Balaban J connectivity index is -0.000000309. The van der Waals surface area contributed by atoms with Crippen LogP contribution in [0.2, 0.25) is 0 Å². The van der Waals surface area contributed by atoms with Crippen molar-refractivity contribution >= 4 is 0 Å². The van der Waals surface area contributed by atoms with Crippen molar-refractivity contribution in [1.82, 2.24) is 0 Å². The highest BCUT2D eigenvalue weighted by molar-refractivity contribution is 5.12. The van der Waals surface area contributed by atoms with Gasteiger partial charge < -0.3 is 10.5 Å². The fraction of sp³-hybridized carbons (Fsp3) is 0.500. The van der Waals surface area contributed by atoms with Gasteiger partial charge in [-0.15, -0.1) is 0 Å². The molecular weight excluding hydrogens is 164 g/mol. The van der Waals surface area contributed by atoms with Crippen LogP contribution in [0.1, 0.15) is 22.2 Å². The standard InChI is InChI=1S/C6H9F2NO.C2H6.H2/c1-4(2)3-5(9)10-6(7)8;1-2;/h3,6H,1,9H2,2H3;1-2H3;1H/b5-3+;;. The fourth-order valence-electron chi connectivity index (χ4n) is 0.380. The summed E-state index contributed by atoms with van der Waals surface area (Å²) in [5.74, 6) is -0.317. The molecule has 0 aromatic carbocycles. The van der Waals surface area contributed by atoms with Crippen LogP contribution in [-0.4, -0.2) is 6.61 Å². The Bertz CT molecular complexity index is 160. The highest BCUT2D eigenvalue weighted by Gasteiger charge is 2.01. The van der Waals surface area contributed by atoms with Gasteiger partial charge in [-0.05, 0) is 6.92 Å². The molecule has 0 saturated carbocycles. The largest absolute Gasteiger partial charge is 0.420 e. The van der Waals surface area contributed by atoms with Gasteiger partial charge in [-0.2, -0.15) is 8.78 Å². The molecule has 0 heterocycles. The summed E-state index contributed by atoms with van der Waals surface area (Å²) >= 11 is 0. The van der Waals surface area contributed by atoms with Gasteiger partial charge in [0.05, 0.1) is 0 Å². The van der Waals surface area contributed by atoms with Crippen LogP contribution in [0.15, 0.2) is 24.1 Å². The Labute approximate surface area is 73.2 Å². The van der Waals surface area contributed by atoms with E-state index < -0.39 is 6.61 Å². The van der Waals surface area contributed by atoms with Crippen LogP contribution in [0.3, 0.4) is 0 Å². The lowest BCUT2D eigenvalue weighted by atomic mass is 10.3. The molecule has 0 bridgehead atoms. The van der Waals surface area contributed by atoms with Crippen molar-refractivity contribution in [2.24, 2.45) is 5.73 Å². The molecule has 2 nitrogen and oxygen atoms in total. The van der Waals surface area contributed by atoms with Crippen molar-refractivity contribution in [3.05, 3.63) is 24.1 Å². The van der Waals surface area contributed by atoms with Crippen molar-refractivity contribution < 1.29 is 14.9 Å². The molecular formula is C8H17F2NO. The number of rotatable bonds is 3. The molecule has 0 fully saturated rings. The van der Waals surface area contributed by atoms with E-state index in [0.29, 0.717) is 5.57 Å². The van der Waals surface area contributed by atoms with Crippen LogP contribution in [0.5, 0.6) is 0 Å². The summed E-state index contributed by atoms with van der Waals surface area (Å²) in [6.07, 6.45) is 1.23. The van der Waals surface area contributed by atoms with E-state index in [1.807, 2.05) is 13.8 Å². The molecule has 74 valence electrons.